The van der Waals surface area contributed by atoms with Gasteiger partial charge in [-0.25, -0.2) is 9.18 Å². The van der Waals surface area contributed by atoms with Gasteiger partial charge >= 0.3 is 12.2 Å². The second-order valence-electron chi connectivity index (χ2n) is 6.74. The van der Waals surface area contributed by atoms with Crippen LogP contribution in [0.4, 0.5) is 33.7 Å². The van der Waals surface area contributed by atoms with Gasteiger partial charge in [-0.3, -0.25) is 9.67 Å². The quantitative estimate of drug-likeness (QED) is 0.426. The van der Waals surface area contributed by atoms with Crippen LogP contribution in [0.2, 0.25) is 0 Å². The van der Waals surface area contributed by atoms with Crippen molar-refractivity contribution in [2.75, 3.05) is 10.6 Å². The van der Waals surface area contributed by atoms with E-state index in [0.29, 0.717) is 17.8 Å². The molecule has 0 unspecified atom stereocenters. The van der Waals surface area contributed by atoms with Crippen LogP contribution in [0.1, 0.15) is 5.56 Å². The van der Waals surface area contributed by atoms with Crippen molar-refractivity contribution in [3.8, 4) is 11.1 Å². The Hall–Kier alpha value is -3.95. The van der Waals surface area contributed by atoms with Crippen molar-refractivity contribution in [3.05, 3.63) is 72.4 Å². The van der Waals surface area contributed by atoms with Gasteiger partial charge in [-0.15, -0.1) is 0 Å². The molecule has 0 saturated heterocycles. The van der Waals surface area contributed by atoms with Crippen LogP contribution in [0.25, 0.3) is 22.0 Å². The van der Waals surface area contributed by atoms with E-state index >= 15 is 0 Å². The Morgan fingerprint density at radius 1 is 0.968 bits per heavy atom. The molecule has 0 saturated carbocycles. The van der Waals surface area contributed by atoms with Gasteiger partial charge in [0.05, 0.1) is 23.5 Å². The molecule has 2 aromatic heterocycles. The second kappa shape index (κ2) is 7.71. The highest BCUT2D eigenvalue weighted by atomic mass is 19.4. The number of nitrogens with one attached hydrogen (secondary N) is 2. The highest BCUT2D eigenvalue weighted by molar-refractivity contribution is 6.00. The third-order valence-electron chi connectivity index (χ3n) is 4.66. The van der Waals surface area contributed by atoms with E-state index in [1.165, 1.54) is 0 Å². The number of aromatic nitrogens is 3. The topological polar surface area (TPSA) is 71.8 Å². The molecule has 0 aliphatic rings. The number of hydrogen-bond acceptors (Lipinski definition) is 3. The van der Waals surface area contributed by atoms with E-state index in [4.69, 9.17) is 0 Å². The minimum absolute atomic E-state index is 0.183. The number of carbonyl (C=O) groups excluding carboxylic acids is 1. The SMILES string of the molecule is Cn1ncc2c(-c3ccc(NC(=O)Nc4ccc(F)c(C(F)(F)F)c4)cc3)cncc21. The predicted molar refractivity (Wildman–Crippen MR) is 108 cm³/mol. The first-order valence-electron chi connectivity index (χ1n) is 9.03. The van der Waals surface area contributed by atoms with Crippen molar-refractivity contribution in [1.29, 1.82) is 0 Å². The van der Waals surface area contributed by atoms with Gasteiger partial charge < -0.3 is 10.6 Å². The molecule has 2 N–H and O–H groups in total. The molecule has 0 fully saturated rings. The molecule has 0 aliphatic heterocycles. The zero-order valence-electron chi connectivity index (χ0n) is 16.0. The summed E-state index contributed by atoms with van der Waals surface area (Å²) in [4.78, 5) is 16.4. The highest BCUT2D eigenvalue weighted by Gasteiger charge is 2.34. The molecule has 0 atom stereocenters. The van der Waals surface area contributed by atoms with Crippen LogP contribution >= 0.6 is 0 Å². The summed E-state index contributed by atoms with van der Waals surface area (Å²) in [5.41, 5.74) is 1.38. The normalized spacial score (nSPS) is 11.5. The van der Waals surface area contributed by atoms with Gasteiger partial charge in [0.1, 0.15) is 5.82 Å². The van der Waals surface area contributed by atoms with E-state index in [1.807, 2.05) is 7.05 Å². The van der Waals surface area contributed by atoms with E-state index in [1.54, 1.807) is 47.5 Å². The van der Waals surface area contributed by atoms with Crippen molar-refractivity contribution in [3.63, 3.8) is 0 Å². The van der Waals surface area contributed by atoms with Gasteiger partial charge in [0.25, 0.3) is 0 Å². The first kappa shape index (κ1) is 20.3. The number of alkyl halides is 3. The third kappa shape index (κ3) is 4.18. The fourth-order valence-corrected chi connectivity index (χ4v) is 3.14. The van der Waals surface area contributed by atoms with E-state index < -0.39 is 23.6 Å². The summed E-state index contributed by atoms with van der Waals surface area (Å²) < 4.78 is 53.5. The summed E-state index contributed by atoms with van der Waals surface area (Å²) in [6.07, 6.45) is 0.307. The molecule has 6 nitrogen and oxygen atoms in total. The van der Waals surface area contributed by atoms with Crippen molar-refractivity contribution in [2.45, 2.75) is 6.18 Å². The van der Waals surface area contributed by atoms with Gasteiger partial charge in [-0.05, 0) is 35.9 Å². The monoisotopic (exact) mass is 429 g/mol. The smallest absolute Gasteiger partial charge is 0.308 e. The highest BCUT2D eigenvalue weighted by Crippen LogP contribution is 2.33. The second-order valence-corrected chi connectivity index (χ2v) is 6.74. The summed E-state index contributed by atoms with van der Waals surface area (Å²) in [7, 11) is 1.82. The lowest BCUT2D eigenvalue weighted by Gasteiger charge is -2.12. The zero-order valence-corrected chi connectivity index (χ0v) is 16.0. The lowest BCUT2D eigenvalue weighted by molar-refractivity contribution is -0.139. The maximum atomic E-state index is 13.4. The average Bonchev–Trinajstić information content (AvgIpc) is 3.10. The van der Waals surface area contributed by atoms with Crippen LogP contribution in [0, 0.1) is 5.82 Å². The maximum absolute atomic E-state index is 13.4. The Kier molecular flexibility index (Phi) is 5.05. The van der Waals surface area contributed by atoms with Gasteiger partial charge in [-0.2, -0.15) is 18.3 Å². The number of anilines is 2. The number of carbonyl (C=O) groups is 1. The molecule has 158 valence electrons. The molecule has 2 heterocycles. The molecule has 31 heavy (non-hydrogen) atoms. The first-order valence-corrected chi connectivity index (χ1v) is 9.03. The van der Waals surface area contributed by atoms with Crippen LogP contribution in [-0.4, -0.2) is 20.8 Å². The van der Waals surface area contributed by atoms with E-state index in [2.05, 4.69) is 20.7 Å². The molecule has 4 rings (SSSR count). The van der Waals surface area contributed by atoms with E-state index in [9.17, 15) is 22.4 Å². The Morgan fingerprint density at radius 3 is 2.35 bits per heavy atom. The molecule has 10 heteroatoms. The van der Waals surface area contributed by atoms with Gasteiger partial charge in [0.2, 0.25) is 0 Å². The predicted octanol–water partition coefficient (Wildman–Crippen LogP) is 5.44. The number of rotatable bonds is 3. The molecule has 0 bridgehead atoms. The summed E-state index contributed by atoms with van der Waals surface area (Å²) >= 11 is 0. The van der Waals surface area contributed by atoms with Crippen LogP contribution in [0.5, 0.6) is 0 Å². The summed E-state index contributed by atoms with van der Waals surface area (Å²) in [6, 6.07) is 8.33. The van der Waals surface area contributed by atoms with Crippen LogP contribution in [-0.2, 0) is 13.2 Å². The number of amides is 2. The minimum atomic E-state index is -4.86. The largest absolute Gasteiger partial charge is 0.419 e. The average molecular weight is 429 g/mol. The molecule has 2 aromatic carbocycles. The number of benzene rings is 2. The van der Waals surface area contributed by atoms with Crippen molar-refractivity contribution in [1.82, 2.24) is 14.8 Å². The Bertz CT molecular complexity index is 1270. The molecule has 0 aliphatic carbocycles. The Morgan fingerprint density at radius 2 is 1.65 bits per heavy atom. The van der Waals surface area contributed by atoms with Crippen molar-refractivity contribution < 1.29 is 22.4 Å². The standard InChI is InChI=1S/C21H15F4N5O/c1-30-19-11-26-9-15(16(19)10-27-30)12-2-4-13(5-3-12)28-20(31)29-14-6-7-18(22)17(8-14)21(23,24)25/h2-11H,1H3,(H2,28,29,31). The number of fused-ring (bicyclic) bond motifs is 1. The molecular weight excluding hydrogens is 414 g/mol. The van der Waals surface area contributed by atoms with E-state index in [0.717, 1.165) is 28.1 Å². The fraction of sp³-hybridized carbons (Fsp3) is 0.0952. The lowest BCUT2D eigenvalue weighted by atomic mass is 10.0. The lowest BCUT2D eigenvalue weighted by Crippen LogP contribution is -2.20. The van der Waals surface area contributed by atoms with Crippen LogP contribution in [0.3, 0.4) is 0 Å². The first-order chi connectivity index (χ1) is 14.7. The van der Waals surface area contributed by atoms with Crippen LogP contribution in [0.15, 0.2) is 61.1 Å². The fourth-order valence-electron chi connectivity index (χ4n) is 3.14. The molecule has 2 amide bonds. The number of aryl methyl sites for hydroxylation is 1. The number of urea groups is 1. The Balaban J connectivity index is 1.49. The van der Waals surface area contributed by atoms with Gasteiger partial charge in [0.15, 0.2) is 0 Å². The molecular formula is C21H15F4N5O. The number of hydrogen-bond donors (Lipinski definition) is 2. The molecule has 4 aromatic rings. The minimum Gasteiger partial charge on any atom is -0.308 e. The van der Waals surface area contributed by atoms with Crippen LogP contribution < -0.4 is 10.6 Å². The summed E-state index contributed by atoms with van der Waals surface area (Å²) in [5.74, 6) is -1.41. The van der Waals surface area contributed by atoms with Gasteiger partial charge in [-0.1, -0.05) is 12.1 Å². The summed E-state index contributed by atoms with van der Waals surface area (Å²) in [5, 5.41) is 9.94. The van der Waals surface area contributed by atoms with Crippen molar-refractivity contribution in [2.24, 2.45) is 7.05 Å². The maximum Gasteiger partial charge on any atom is 0.419 e. The van der Waals surface area contributed by atoms with Crippen molar-refractivity contribution >= 4 is 28.3 Å². The van der Waals surface area contributed by atoms with Gasteiger partial charge in [0, 0.05) is 35.6 Å². The molecule has 0 spiro atoms. The number of halogens is 4. The zero-order chi connectivity index (χ0) is 22.2. The Labute approximate surface area is 173 Å². The summed E-state index contributed by atoms with van der Waals surface area (Å²) in [6.45, 7) is 0. The van der Waals surface area contributed by atoms with E-state index in [-0.39, 0.29) is 5.69 Å². The number of nitrogens with zero attached hydrogens (tertiary/aromatic N) is 3. The molecule has 0 radical (unpaired) electrons. The third-order valence-corrected chi connectivity index (χ3v) is 4.66. The number of pyridine rings is 1.